The van der Waals surface area contributed by atoms with Crippen molar-refractivity contribution in [3.63, 3.8) is 0 Å². The minimum Gasteiger partial charge on any atom is -0.497 e. The van der Waals surface area contributed by atoms with Crippen molar-refractivity contribution in [1.82, 2.24) is 0 Å². The molecule has 0 spiro atoms. The predicted molar refractivity (Wildman–Crippen MR) is 79.2 cm³/mol. The molecular weight excluding hydrogens is 269 g/mol. The molecule has 108 valence electrons. The van der Waals surface area contributed by atoms with Gasteiger partial charge in [-0.1, -0.05) is 30.3 Å². The molecule has 0 aromatic heterocycles. The van der Waals surface area contributed by atoms with E-state index in [0.717, 1.165) is 5.56 Å². The predicted octanol–water partition coefficient (Wildman–Crippen LogP) is 3.51. The Labute approximate surface area is 123 Å². The van der Waals surface area contributed by atoms with Crippen molar-refractivity contribution in [2.45, 2.75) is 18.6 Å². The second-order valence-electron chi connectivity index (χ2n) is 5.26. The first-order chi connectivity index (χ1) is 10.1. The maximum atomic E-state index is 14.6. The molecule has 2 aromatic carbocycles. The van der Waals surface area contributed by atoms with E-state index >= 15 is 0 Å². The largest absolute Gasteiger partial charge is 0.497 e. The van der Waals surface area contributed by atoms with E-state index in [9.17, 15) is 9.18 Å². The molecule has 1 saturated heterocycles. The van der Waals surface area contributed by atoms with E-state index < -0.39 is 17.6 Å². The summed E-state index contributed by atoms with van der Waals surface area (Å²) >= 11 is 0. The van der Waals surface area contributed by atoms with Crippen LogP contribution in [0.3, 0.4) is 0 Å². The molecule has 0 saturated carbocycles. The third-order valence-corrected chi connectivity index (χ3v) is 3.87. The number of hydrogen-bond acceptors (Lipinski definition) is 2. The van der Waals surface area contributed by atoms with Crippen molar-refractivity contribution >= 4 is 11.6 Å². The molecule has 21 heavy (non-hydrogen) atoms. The fourth-order valence-corrected chi connectivity index (χ4v) is 2.75. The zero-order valence-electron chi connectivity index (χ0n) is 11.9. The van der Waals surface area contributed by atoms with Gasteiger partial charge in [-0.3, -0.25) is 9.69 Å². The van der Waals surface area contributed by atoms with Gasteiger partial charge < -0.3 is 4.74 Å². The first-order valence-corrected chi connectivity index (χ1v) is 6.77. The van der Waals surface area contributed by atoms with E-state index in [2.05, 4.69) is 0 Å². The van der Waals surface area contributed by atoms with Crippen molar-refractivity contribution in [2.24, 2.45) is 0 Å². The van der Waals surface area contributed by atoms with E-state index in [4.69, 9.17) is 4.74 Å². The van der Waals surface area contributed by atoms with Crippen LogP contribution in [0.25, 0.3) is 0 Å². The molecule has 1 aliphatic rings. The maximum Gasteiger partial charge on any atom is 0.267 e. The zero-order chi connectivity index (χ0) is 15.0. The van der Waals surface area contributed by atoms with E-state index in [0.29, 0.717) is 11.4 Å². The second-order valence-corrected chi connectivity index (χ2v) is 5.26. The zero-order valence-corrected chi connectivity index (χ0v) is 11.9. The van der Waals surface area contributed by atoms with Crippen molar-refractivity contribution in [3.05, 3.63) is 60.2 Å². The summed E-state index contributed by atoms with van der Waals surface area (Å²) in [6.07, 6.45) is 0. The van der Waals surface area contributed by atoms with Crippen molar-refractivity contribution in [3.8, 4) is 5.75 Å². The highest BCUT2D eigenvalue weighted by molar-refractivity contribution is 6.08. The van der Waals surface area contributed by atoms with Gasteiger partial charge in [0, 0.05) is 5.69 Å². The number of carbonyl (C=O) groups is 1. The minimum atomic E-state index is -1.87. The van der Waals surface area contributed by atoms with Crippen LogP contribution in [-0.2, 0) is 4.79 Å². The first-order valence-electron chi connectivity index (χ1n) is 6.77. The summed E-state index contributed by atoms with van der Waals surface area (Å²) in [6, 6.07) is 15.7. The normalized spacial score (nSPS) is 24.6. The van der Waals surface area contributed by atoms with Gasteiger partial charge in [-0.05, 0) is 36.8 Å². The van der Waals surface area contributed by atoms with Crippen molar-refractivity contribution in [1.29, 1.82) is 0 Å². The van der Waals surface area contributed by atoms with Crippen LogP contribution in [0.15, 0.2) is 54.6 Å². The topological polar surface area (TPSA) is 29.5 Å². The summed E-state index contributed by atoms with van der Waals surface area (Å²) in [7, 11) is 1.58. The van der Waals surface area contributed by atoms with E-state index in [1.807, 2.05) is 30.3 Å². The highest BCUT2D eigenvalue weighted by Crippen LogP contribution is 2.48. The molecular formula is C17H16FNO2. The van der Waals surface area contributed by atoms with Gasteiger partial charge in [0.15, 0.2) is 0 Å². The Morgan fingerprint density at radius 3 is 2.29 bits per heavy atom. The average molecular weight is 285 g/mol. The van der Waals surface area contributed by atoms with E-state index in [-0.39, 0.29) is 0 Å². The van der Waals surface area contributed by atoms with Gasteiger partial charge in [-0.15, -0.1) is 0 Å². The Hall–Kier alpha value is -2.36. The van der Waals surface area contributed by atoms with E-state index in [1.165, 1.54) is 11.8 Å². The molecule has 1 fully saturated rings. The van der Waals surface area contributed by atoms with Gasteiger partial charge in [-0.25, -0.2) is 4.39 Å². The fraction of sp³-hybridized carbons (Fsp3) is 0.235. The lowest BCUT2D eigenvalue weighted by molar-refractivity contribution is -0.141. The van der Waals surface area contributed by atoms with Crippen LogP contribution in [0.2, 0.25) is 0 Å². The Morgan fingerprint density at radius 1 is 1.10 bits per heavy atom. The Kier molecular flexibility index (Phi) is 3.16. The summed E-state index contributed by atoms with van der Waals surface area (Å²) < 4.78 is 19.7. The number of methoxy groups -OCH3 is 1. The van der Waals surface area contributed by atoms with Gasteiger partial charge >= 0.3 is 0 Å². The van der Waals surface area contributed by atoms with Crippen LogP contribution in [0.1, 0.15) is 18.5 Å². The van der Waals surface area contributed by atoms with Crippen LogP contribution >= 0.6 is 0 Å². The number of alkyl halides is 1. The lowest BCUT2D eigenvalue weighted by Gasteiger charge is -2.49. The molecule has 1 aliphatic heterocycles. The number of β-lactam (4-membered cyclic amide) rings is 1. The minimum absolute atomic E-state index is 0.512. The number of amides is 1. The molecule has 1 heterocycles. The molecule has 0 N–H and O–H groups in total. The number of anilines is 1. The standard InChI is InChI=1S/C17H16FNO2/c1-17(18)15(12-6-4-3-5-7-12)19(16(17)20)13-8-10-14(21-2)11-9-13/h3-11,15H,1-2H3/t15-,17+/m0/s1. The van der Waals surface area contributed by atoms with E-state index in [1.54, 1.807) is 31.4 Å². The molecule has 1 amide bonds. The monoisotopic (exact) mass is 285 g/mol. The molecule has 0 radical (unpaired) electrons. The maximum absolute atomic E-state index is 14.6. The van der Waals surface area contributed by atoms with Gasteiger partial charge in [0.25, 0.3) is 5.91 Å². The number of nitrogens with zero attached hydrogens (tertiary/aromatic N) is 1. The second kappa shape index (κ2) is 4.88. The molecule has 3 rings (SSSR count). The van der Waals surface area contributed by atoms with Crippen LogP contribution in [0.4, 0.5) is 10.1 Å². The van der Waals surface area contributed by atoms with Crippen LogP contribution in [0.5, 0.6) is 5.75 Å². The van der Waals surface area contributed by atoms with Crippen LogP contribution < -0.4 is 9.64 Å². The van der Waals surface area contributed by atoms with Gasteiger partial charge in [0.05, 0.1) is 7.11 Å². The van der Waals surface area contributed by atoms with Crippen molar-refractivity contribution in [2.75, 3.05) is 12.0 Å². The third-order valence-electron chi connectivity index (χ3n) is 3.87. The quantitative estimate of drug-likeness (QED) is 0.808. The molecule has 2 aromatic rings. The van der Waals surface area contributed by atoms with Crippen molar-refractivity contribution < 1.29 is 13.9 Å². The highest BCUT2D eigenvalue weighted by atomic mass is 19.1. The SMILES string of the molecule is COc1ccc(N2C(=O)[C@](C)(F)[C@@H]2c2ccccc2)cc1. The lowest BCUT2D eigenvalue weighted by Crippen LogP contribution is -2.64. The Balaban J connectivity index is 1.98. The van der Waals surface area contributed by atoms with Gasteiger partial charge in [0.1, 0.15) is 11.8 Å². The first kappa shape index (κ1) is 13.6. The summed E-state index contributed by atoms with van der Waals surface area (Å²) in [5.74, 6) is 0.188. The number of halogens is 1. The number of hydrogen-bond donors (Lipinski definition) is 0. The Bertz CT molecular complexity index is 652. The third kappa shape index (κ3) is 2.07. The summed E-state index contributed by atoms with van der Waals surface area (Å²) in [5.41, 5.74) is -0.413. The number of rotatable bonds is 3. The highest BCUT2D eigenvalue weighted by Gasteiger charge is 2.59. The molecule has 0 bridgehead atoms. The summed E-state index contributed by atoms with van der Waals surface area (Å²) in [5, 5.41) is 0. The fourth-order valence-electron chi connectivity index (χ4n) is 2.75. The average Bonchev–Trinajstić information content (AvgIpc) is 2.52. The summed E-state index contributed by atoms with van der Waals surface area (Å²) in [4.78, 5) is 13.6. The molecule has 4 heteroatoms. The van der Waals surface area contributed by atoms with Crippen LogP contribution in [0, 0.1) is 0 Å². The number of benzene rings is 2. The Morgan fingerprint density at radius 2 is 1.71 bits per heavy atom. The molecule has 0 unspecified atom stereocenters. The summed E-state index contributed by atoms with van der Waals surface area (Å²) in [6.45, 7) is 1.34. The van der Waals surface area contributed by atoms with Gasteiger partial charge in [0.2, 0.25) is 5.67 Å². The lowest BCUT2D eigenvalue weighted by atomic mass is 9.80. The molecule has 0 aliphatic carbocycles. The molecule has 3 nitrogen and oxygen atoms in total. The number of carbonyl (C=O) groups excluding carboxylic acids is 1. The molecule has 2 atom stereocenters. The van der Waals surface area contributed by atoms with Gasteiger partial charge in [-0.2, -0.15) is 0 Å². The van der Waals surface area contributed by atoms with Crippen LogP contribution in [-0.4, -0.2) is 18.7 Å². The number of ether oxygens (including phenoxy) is 1. The smallest absolute Gasteiger partial charge is 0.267 e.